The van der Waals surface area contributed by atoms with Crippen LogP contribution < -0.4 is 0 Å². The first-order chi connectivity index (χ1) is 5.13. The topological polar surface area (TPSA) is 20.2 Å². The van der Waals surface area contributed by atoms with Gasteiger partial charge < -0.3 is 5.11 Å². The monoisotopic (exact) mass is 156 g/mol. The molecule has 62 valence electrons. The van der Waals surface area contributed by atoms with E-state index >= 15 is 0 Å². The summed E-state index contributed by atoms with van der Waals surface area (Å²) in [5.74, 6) is -0.0802. The van der Waals surface area contributed by atoms with Crippen molar-refractivity contribution < 1.29 is 9.50 Å². The summed E-state index contributed by atoms with van der Waals surface area (Å²) in [6, 6.07) is 0. The number of halogens is 1. The average Bonchev–Trinajstić information content (AvgIpc) is 1.94. The van der Waals surface area contributed by atoms with Gasteiger partial charge >= 0.3 is 0 Å². The smallest absolute Gasteiger partial charge is 0.103 e. The lowest BCUT2D eigenvalue weighted by atomic mass is 9.95. The molecule has 1 aliphatic carbocycles. The average molecular weight is 156 g/mol. The van der Waals surface area contributed by atoms with Crippen LogP contribution in [-0.2, 0) is 0 Å². The summed E-state index contributed by atoms with van der Waals surface area (Å²) >= 11 is 0. The van der Waals surface area contributed by atoms with Crippen LogP contribution in [0.5, 0.6) is 0 Å². The minimum absolute atomic E-state index is 0.0802. The van der Waals surface area contributed by atoms with Crippen LogP contribution in [0.3, 0.4) is 0 Å². The van der Waals surface area contributed by atoms with Crippen LogP contribution in [0.4, 0.5) is 4.39 Å². The molecule has 0 spiro atoms. The molecule has 0 saturated heterocycles. The fourth-order valence-electron chi connectivity index (χ4n) is 1.34. The summed E-state index contributed by atoms with van der Waals surface area (Å²) in [7, 11) is 0. The number of aliphatic hydroxyl groups is 1. The van der Waals surface area contributed by atoms with Crippen LogP contribution in [0.25, 0.3) is 0 Å². The zero-order valence-electron chi connectivity index (χ0n) is 6.89. The second-order valence-corrected chi connectivity index (χ2v) is 2.90. The van der Waals surface area contributed by atoms with Gasteiger partial charge in [0.05, 0.1) is 6.10 Å². The molecular weight excluding hydrogens is 143 g/mol. The Labute approximate surface area is 66.2 Å². The van der Waals surface area contributed by atoms with Crippen molar-refractivity contribution in [2.24, 2.45) is 0 Å². The molecule has 2 heteroatoms. The highest BCUT2D eigenvalue weighted by Gasteiger charge is 2.15. The number of hydrogen-bond acceptors (Lipinski definition) is 1. The molecule has 0 bridgehead atoms. The summed E-state index contributed by atoms with van der Waals surface area (Å²) in [5.41, 5.74) is 1.36. The molecule has 0 saturated carbocycles. The fraction of sp³-hybridized carbons (Fsp3) is 0.556. The molecule has 1 atom stereocenters. The molecule has 0 aromatic rings. The molecule has 0 aliphatic heterocycles. The molecule has 1 aliphatic rings. The summed E-state index contributed by atoms with van der Waals surface area (Å²) in [6.07, 6.45) is 2.56. The van der Waals surface area contributed by atoms with Gasteiger partial charge in [0.15, 0.2) is 0 Å². The lowest BCUT2D eigenvalue weighted by Gasteiger charge is -2.16. The number of aliphatic hydroxyl groups excluding tert-OH is 1. The summed E-state index contributed by atoms with van der Waals surface area (Å²) in [5, 5.41) is 9.20. The molecule has 1 N–H and O–H groups in total. The second-order valence-electron chi connectivity index (χ2n) is 2.90. The van der Waals surface area contributed by atoms with Gasteiger partial charge in [0.25, 0.3) is 0 Å². The quantitative estimate of drug-likeness (QED) is 0.617. The summed E-state index contributed by atoms with van der Waals surface area (Å²) < 4.78 is 12.9. The minimum atomic E-state index is -0.541. The van der Waals surface area contributed by atoms with E-state index in [0.29, 0.717) is 18.4 Å². The molecule has 1 unspecified atom stereocenters. The van der Waals surface area contributed by atoms with Gasteiger partial charge in [0, 0.05) is 6.42 Å². The molecule has 0 heterocycles. The maximum absolute atomic E-state index is 12.9. The predicted octanol–water partition coefficient (Wildman–Crippen LogP) is 2.33. The van der Waals surface area contributed by atoms with Gasteiger partial charge in [0.1, 0.15) is 5.83 Å². The normalized spacial score (nSPS) is 21.6. The van der Waals surface area contributed by atoms with Gasteiger partial charge in [-0.05, 0) is 31.4 Å². The van der Waals surface area contributed by atoms with Gasteiger partial charge in [-0.1, -0.05) is 6.08 Å². The van der Waals surface area contributed by atoms with Crippen molar-refractivity contribution in [3.05, 3.63) is 23.0 Å². The Balaban J connectivity index is 2.89. The molecule has 1 rings (SSSR count). The highest BCUT2D eigenvalue weighted by Crippen LogP contribution is 2.27. The third-order valence-electron chi connectivity index (χ3n) is 2.02. The van der Waals surface area contributed by atoms with E-state index in [2.05, 4.69) is 0 Å². The SMILES string of the molecule is CC1=C(F)CCC=C1C(C)O. The first kappa shape index (κ1) is 8.47. The Morgan fingerprint density at radius 3 is 2.73 bits per heavy atom. The molecule has 0 fully saturated rings. The molecule has 0 amide bonds. The van der Waals surface area contributed by atoms with Crippen LogP contribution in [0, 0.1) is 0 Å². The molecule has 0 aromatic carbocycles. The predicted molar refractivity (Wildman–Crippen MR) is 42.8 cm³/mol. The number of allylic oxidation sites excluding steroid dienone is 2. The molecule has 1 nitrogen and oxygen atoms in total. The van der Waals surface area contributed by atoms with Crippen LogP contribution >= 0.6 is 0 Å². The van der Waals surface area contributed by atoms with Crippen molar-refractivity contribution >= 4 is 0 Å². The second kappa shape index (κ2) is 3.18. The Morgan fingerprint density at radius 1 is 1.64 bits per heavy atom. The maximum atomic E-state index is 12.9. The number of hydrogen-bond donors (Lipinski definition) is 1. The van der Waals surface area contributed by atoms with E-state index in [4.69, 9.17) is 0 Å². The van der Waals surface area contributed by atoms with E-state index in [1.807, 2.05) is 6.08 Å². The van der Waals surface area contributed by atoms with Crippen molar-refractivity contribution in [3.63, 3.8) is 0 Å². The van der Waals surface area contributed by atoms with Gasteiger partial charge in [-0.15, -0.1) is 0 Å². The highest BCUT2D eigenvalue weighted by molar-refractivity contribution is 5.36. The Morgan fingerprint density at radius 2 is 2.27 bits per heavy atom. The van der Waals surface area contributed by atoms with Crippen molar-refractivity contribution in [3.8, 4) is 0 Å². The Hall–Kier alpha value is -0.630. The lowest BCUT2D eigenvalue weighted by Crippen LogP contribution is -2.09. The van der Waals surface area contributed by atoms with Crippen LogP contribution in [0.1, 0.15) is 26.7 Å². The third kappa shape index (κ3) is 1.69. The molecule has 11 heavy (non-hydrogen) atoms. The standard InChI is InChI=1S/C9H13FO/c1-6-8(7(2)11)4-3-5-9(6)10/h4,7,11H,3,5H2,1-2H3. The largest absolute Gasteiger partial charge is 0.389 e. The van der Waals surface area contributed by atoms with E-state index in [1.165, 1.54) is 0 Å². The minimum Gasteiger partial charge on any atom is -0.389 e. The van der Waals surface area contributed by atoms with Gasteiger partial charge in [0.2, 0.25) is 0 Å². The zero-order chi connectivity index (χ0) is 8.43. The van der Waals surface area contributed by atoms with Crippen LogP contribution in [-0.4, -0.2) is 11.2 Å². The van der Waals surface area contributed by atoms with Crippen LogP contribution in [0.2, 0.25) is 0 Å². The maximum Gasteiger partial charge on any atom is 0.103 e. The first-order valence-corrected chi connectivity index (χ1v) is 3.86. The van der Waals surface area contributed by atoms with Crippen molar-refractivity contribution in [1.29, 1.82) is 0 Å². The van der Waals surface area contributed by atoms with E-state index in [9.17, 15) is 9.50 Å². The van der Waals surface area contributed by atoms with E-state index in [0.717, 1.165) is 5.57 Å². The molecule has 0 radical (unpaired) electrons. The zero-order valence-corrected chi connectivity index (χ0v) is 6.89. The highest BCUT2D eigenvalue weighted by atomic mass is 19.1. The first-order valence-electron chi connectivity index (χ1n) is 3.86. The molecular formula is C9H13FO. The summed E-state index contributed by atoms with van der Waals surface area (Å²) in [6.45, 7) is 3.38. The van der Waals surface area contributed by atoms with E-state index in [-0.39, 0.29) is 5.83 Å². The fourth-order valence-corrected chi connectivity index (χ4v) is 1.34. The van der Waals surface area contributed by atoms with Crippen molar-refractivity contribution in [2.45, 2.75) is 32.8 Å². The van der Waals surface area contributed by atoms with E-state index < -0.39 is 6.10 Å². The van der Waals surface area contributed by atoms with E-state index in [1.54, 1.807) is 13.8 Å². The number of rotatable bonds is 1. The van der Waals surface area contributed by atoms with Gasteiger partial charge in [-0.2, -0.15) is 0 Å². The van der Waals surface area contributed by atoms with Gasteiger partial charge in [-0.3, -0.25) is 0 Å². The Kier molecular flexibility index (Phi) is 2.45. The summed E-state index contributed by atoms with van der Waals surface area (Å²) in [4.78, 5) is 0. The van der Waals surface area contributed by atoms with Crippen molar-refractivity contribution in [1.82, 2.24) is 0 Å². The van der Waals surface area contributed by atoms with Crippen LogP contribution in [0.15, 0.2) is 23.0 Å². The van der Waals surface area contributed by atoms with Gasteiger partial charge in [-0.25, -0.2) is 4.39 Å². The lowest BCUT2D eigenvalue weighted by molar-refractivity contribution is 0.232. The third-order valence-corrected chi connectivity index (χ3v) is 2.02. The molecule has 0 aromatic heterocycles. The van der Waals surface area contributed by atoms with Crippen molar-refractivity contribution in [2.75, 3.05) is 0 Å². The Bertz CT molecular complexity index is 214.